The molecule has 2 aromatic carbocycles. The van der Waals surface area contributed by atoms with Gasteiger partial charge in [-0.25, -0.2) is 0 Å². The molecule has 0 saturated carbocycles. The zero-order valence-corrected chi connectivity index (χ0v) is 16.4. The minimum absolute atomic E-state index is 0.0886. The molecule has 0 radical (unpaired) electrons. The standard InChI is InChI=1S/C20H15F3N2O5S/c21-20(22,23)14-9-13(6-3-11(14)8-16-17(26)25-19(29)31-16)30-12-4-1-10(2-5-12)7-15(24)18(27)28/h1-6,8-9,15H,7,24H2,(H,27,28)(H,25,26,29). The molecule has 1 aliphatic heterocycles. The van der Waals surface area contributed by atoms with Crippen molar-refractivity contribution < 1.29 is 37.4 Å². The number of ether oxygens (including phenoxy) is 1. The second-order valence-corrected chi connectivity index (χ2v) is 7.51. The molecule has 162 valence electrons. The van der Waals surface area contributed by atoms with Gasteiger partial charge in [-0.3, -0.25) is 19.7 Å². The minimum Gasteiger partial charge on any atom is -0.480 e. The predicted octanol–water partition coefficient (Wildman–Crippen LogP) is 3.78. The Kier molecular flexibility index (Phi) is 6.37. The Morgan fingerprint density at radius 2 is 1.81 bits per heavy atom. The maximum atomic E-state index is 13.5. The second kappa shape index (κ2) is 8.82. The van der Waals surface area contributed by atoms with E-state index in [1.54, 1.807) is 12.1 Å². The topological polar surface area (TPSA) is 119 Å². The van der Waals surface area contributed by atoms with Crippen LogP contribution in [-0.4, -0.2) is 28.3 Å². The lowest BCUT2D eigenvalue weighted by atomic mass is 10.1. The van der Waals surface area contributed by atoms with Gasteiger partial charge in [0.05, 0.1) is 10.5 Å². The van der Waals surface area contributed by atoms with Gasteiger partial charge in [-0.2, -0.15) is 13.2 Å². The minimum atomic E-state index is -4.73. The molecule has 3 rings (SSSR count). The van der Waals surface area contributed by atoms with Crippen LogP contribution in [0.1, 0.15) is 16.7 Å². The molecule has 7 nitrogen and oxygen atoms in total. The largest absolute Gasteiger partial charge is 0.480 e. The number of carboxylic acids is 1. The van der Waals surface area contributed by atoms with Crippen LogP contribution in [0.25, 0.3) is 6.08 Å². The zero-order chi connectivity index (χ0) is 22.8. The van der Waals surface area contributed by atoms with E-state index in [1.807, 2.05) is 5.32 Å². The van der Waals surface area contributed by atoms with Crippen LogP contribution in [0.15, 0.2) is 47.4 Å². The number of nitrogens with one attached hydrogen (secondary N) is 1. The van der Waals surface area contributed by atoms with Crippen molar-refractivity contribution in [1.82, 2.24) is 5.32 Å². The summed E-state index contributed by atoms with van der Waals surface area (Å²) in [6.07, 6.45) is -3.64. The molecule has 1 fully saturated rings. The first kappa shape index (κ1) is 22.4. The highest BCUT2D eigenvalue weighted by Crippen LogP contribution is 2.38. The average molecular weight is 452 g/mol. The predicted molar refractivity (Wildman–Crippen MR) is 106 cm³/mol. The lowest BCUT2D eigenvalue weighted by Crippen LogP contribution is -2.32. The van der Waals surface area contributed by atoms with Gasteiger partial charge in [-0.1, -0.05) is 18.2 Å². The molecule has 2 amide bonds. The van der Waals surface area contributed by atoms with Gasteiger partial charge in [0.2, 0.25) is 0 Å². The Bertz CT molecular complexity index is 1070. The van der Waals surface area contributed by atoms with E-state index in [2.05, 4.69) is 0 Å². The first-order valence-corrected chi connectivity index (χ1v) is 9.56. The average Bonchev–Trinajstić information content (AvgIpc) is 3.00. The fourth-order valence-electron chi connectivity index (χ4n) is 2.70. The number of halogens is 3. The van der Waals surface area contributed by atoms with Gasteiger partial charge in [0.1, 0.15) is 17.5 Å². The molecule has 11 heteroatoms. The van der Waals surface area contributed by atoms with Gasteiger partial charge in [0.15, 0.2) is 0 Å². The lowest BCUT2D eigenvalue weighted by Gasteiger charge is -2.14. The van der Waals surface area contributed by atoms with Gasteiger partial charge in [-0.15, -0.1) is 0 Å². The van der Waals surface area contributed by atoms with Gasteiger partial charge in [0, 0.05) is 0 Å². The number of imide groups is 1. The van der Waals surface area contributed by atoms with E-state index < -0.39 is 34.9 Å². The number of aliphatic carboxylic acids is 1. The first-order chi connectivity index (χ1) is 14.5. The first-order valence-electron chi connectivity index (χ1n) is 8.74. The summed E-state index contributed by atoms with van der Waals surface area (Å²) < 4.78 is 46.1. The number of hydrogen-bond acceptors (Lipinski definition) is 6. The van der Waals surface area contributed by atoms with Crippen molar-refractivity contribution in [1.29, 1.82) is 0 Å². The van der Waals surface area contributed by atoms with E-state index in [-0.39, 0.29) is 28.4 Å². The number of nitrogens with two attached hydrogens (primary N) is 1. The number of hydrogen-bond donors (Lipinski definition) is 3. The van der Waals surface area contributed by atoms with E-state index in [9.17, 15) is 27.6 Å². The van der Waals surface area contributed by atoms with E-state index in [1.165, 1.54) is 18.2 Å². The molecule has 1 heterocycles. The summed E-state index contributed by atoms with van der Waals surface area (Å²) in [6, 6.07) is 8.26. The quantitative estimate of drug-likeness (QED) is 0.571. The molecule has 1 saturated heterocycles. The van der Waals surface area contributed by atoms with Crippen LogP contribution in [0.2, 0.25) is 0 Å². The van der Waals surface area contributed by atoms with Crippen molar-refractivity contribution in [2.75, 3.05) is 0 Å². The summed E-state index contributed by atoms with van der Waals surface area (Å²) in [4.78, 5) is 33.5. The fraction of sp³-hybridized carbons (Fsp3) is 0.150. The molecule has 4 N–H and O–H groups in total. The van der Waals surface area contributed by atoms with Crippen LogP contribution < -0.4 is 15.8 Å². The third-order valence-electron chi connectivity index (χ3n) is 4.19. The summed E-state index contributed by atoms with van der Waals surface area (Å²) >= 11 is 0.519. The van der Waals surface area contributed by atoms with Crippen LogP contribution in [0.3, 0.4) is 0 Å². The van der Waals surface area contributed by atoms with Crippen LogP contribution >= 0.6 is 11.8 Å². The lowest BCUT2D eigenvalue weighted by molar-refractivity contribution is -0.139. The summed E-state index contributed by atoms with van der Waals surface area (Å²) in [6.45, 7) is 0. The van der Waals surface area contributed by atoms with Crippen LogP contribution in [-0.2, 0) is 22.2 Å². The number of benzene rings is 2. The molecular formula is C20H15F3N2O5S. The number of amides is 2. The van der Waals surface area contributed by atoms with E-state index in [4.69, 9.17) is 15.6 Å². The number of carboxylic acid groups (broad SMARTS) is 1. The van der Waals surface area contributed by atoms with Crippen molar-refractivity contribution >= 4 is 35.0 Å². The van der Waals surface area contributed by atoms with E-state index >= 15 is 0 Å². The van der Waals surface area contributed by atoms with Crippen molar-refractivity contribution in [3.05, 3.63) is 64.1 Å². The Morgan fingerprint density at radius 1 is 1.16 bits per heavy atom. The molecule has 0 spiro atoms. The fourth-order valence-corrected chi connectivity index (χ4v) is 3.38. The van der Waals surface area contributed by atoms with Crippen molar-refractivity contribution in [2.45, 2.75) is 18.6 Å². The number of thioether (sulfide) groups is 1. The Balaban J connectivity index is 1.83. The monoisotopic (exact) mass is 452 g/mol. The maximum absolute atomic E-state index is 13.5. The van der Waals surface area contributed by atoms with Crippen molar-refractivity contribution in [2.24, 2.45) is 5.73 Å². The molecule has 0 bridgehead atoms. The maximum Gasteiger partial charge on any atom is 0.417 e. The molecule has 1 aliphatic rings. The van der Waals surface area contributed by atoms with Crippen LogP contribution in [0, 0.1) is 0 Å². The Morgan fingerprint density at radius 3 is 2.35 bits per heavy atom. The molecule has 1 unspecified atom stereocenters. The molecule has 0 aromatic heterocycles. The SMILES string of the molecule is NC(Cc1ccc(Oc2ccc(C=C3SC(=O)NC3=O)c(C(F)(F)F)c2)cc1)C(=O)O. The Labute approximate surface area is 178 Å². The molecule has 0 aliphatic carbocycles. The van der Waals surface area contributed by atoms with Crippen molar-refractivity contribution in [3.63, 3.8) is 0 Å². The highest BCUT2D eigenvalue weighted by atomic mass is 32.2. The number of alkyl halides is 3. The highest BCUT2D eigenvalue weighted by molar-refractivity contribution is 8.18. The molecular weight excluding hydrogens is 437 g/mol. The second-order valence-electron chi connectivity index (χ2n) is 6.49. The normalized spacial score (nSPS) is 16.3. The van der Waals surface area contributed by atoms with Crippen LogP contribution in [0.5, 0.6) is 11.5 Å². The molecule has 1 atom stereocenters. The third kappa shape index (κ3) is 5.64. The summed E-state index contributed by atoms with van der Waals surface area (Å²) in [5, 5.41) is 10.2. The molecule has 2 aromatic rings. The van der Waals surface area contributed by atoms with Crippen molar-refractivity contribution in [3.8, 4) is 11.5 Å². The van der Waals surface area contributed by atoms with Gasteiger partial charge >= 0.3 is 12.1 Å². The van der Waals surface area contributed by atoms with E-state index in [0.29, 0.717) is 17.3 Å². The number of carbonyl (C=O) groups excluding carboxylic acids is 2. The highest BCUT2D eigenvalue weighted by Gasteiger charge is 2.34. The summed E-state index contributed by atoms with van der Waals surface area (Å²) in [7, 11) is 0. The summed E-state index contributed by atoms with van der Waals surface area (Å²) in [5.74, 6) is -1.76. The Hall–Kier alpha value is -3.31. The summed E-state index contributed by atoms with van der Waals surface area (Å²) in [5.41, 5.74) is 4.78. The van der Waals surface area contributed by atoms with Gasteiger partial charge < -0.3 is 15.6 Å². The number of rotatable bonds is 6. The van der Waals surface area contributed by atoms with E-state index in [0.717, 1.165) is 18.2 Å². The smallest absolute Gasteiger partial charge is 0.417 e. The zero-order valence-electron chi connectivity index (χ0n) is 15.6. The van der Waals surface area contributed by atoms with Crippen LogP contribution in [0.4, 0.5) is 18.0 Å². The van der Waals surface area contributed by atoms with Gasteiger partial charge in [0.25, 0.3) is 11.1 Å². The third-order valence-corrected chi connectivity index (χ3v) is 5.00. The molecule has 31 heavy (non-hydrogen) atoms. The number of carbonyl (C=O) groups is 3. The van der Waals surface area contributed by atoms with Gasteiger partial charge in [-0.05, 0) is 59.7 Å².